The van der Waals surface area contributed by atoms with Gasteiger partial charge < -0.3 is 15.0 Å². The van der Waals surface area contributed by atoms with E-state index in [4.69, 9.17) is 4.74 Å². The topological polar surface area (TPSA) is 84.4 Å². The van der Waals surface area contributed by atoms with Crippen LogP contribution in [-0.4, -0.2) is 39.5 Å². The molecule has 7 heteroatoms. The van der Waals surface area contributed by atoms with Crippen molar-refractivity contribution in [1.82, 2.24) is 14.9 Å². The molecule has 1 aliphatic rings. The highest BCUT2D eigenvalue weighted by molar-refractivity contribution is 5.92. The summed E-state index contributed by atoms with van der Waals surface area (Å²) in [6.07, 6.45) is 3.94. The number of ether oxygens (including phenoxy) is 1. The molecule has 4 rings (SSSR count). The summed E-state index contributed by atoms with van der Waals surface area (Å²) in [5.74, 6) is 0.300. The first-order chi connectivity index (χ1) is 14.5. The van der Waals surface area contributed by atoms with Crippen LogP contribution >= 0.6 is 0 Å². The Kier molecular flexibility index (Phi) is 5.61. The van der Waals surface area contributed by atoms with Gasteiger partial charge in [-0.05, 0) is 47.7 Å². The van der Waals surface area contributed by atoms with Gasteiger partial charge in [-0.25, -0.2) is 9.97 Å². The Morgan fingerprint density at radius 3 is 2.63 bits per heavy atom. The maximum absolute atomic E-state index is 11.9. The summed E-state index contributed by atoms with van der Waals surface area (Å²) in [4.78, 5) is 33.3. The van der Waals surface area contributed by atoms with Crippen molar-refractivity contribution in [2.75, 3.05) is 12.0 Å². The van der Waals surface area contributed by atoms with E-state index >= 15 is 0 Å². The smallest absolute Gasteiger partial charge is 0.304 e. The molecular formula is C23H24N4O3. The number of nitrogens with zero attached hydrogens (tertiary/aromatic N) is 3. The summed E-state index contributed by atoms with van der Waals surface area (Å²) < 4.78 is 5.00. The largest absolute Gasteiger partial charge is 0.444 e. The third-order valence-electron chi connectivity index (χ3n) is 5.06. The summed E-state index contributed by atoms with van der Waals surface area (Å²) in [7, 11) is 0. The first kappa shape index (κ1) is 19.8. The van der Waals surface area contributed by atoms with Crippen molar-refractivity contribution in [3.63, 3.8) is 0 Å². The molecule has 1 N–H and O–H groups in total. The van der Waals surface area contributed by atoms with Crippen molar-refractivity contribution in [1.29, 1.82) is 0 Å². The number of esters is 1. The van der Waals surface area contributed by atoms with Crippen molar-refractivity contribution in [3.05, 3.63) is 54.4 Å². The third kappa shape index (κ3) is 4.74. The van der Waals surface area contributed by atoms with Gasteiger partial charge in [0.2, 0.25) is 5.91 Å². The molecule has 2 aromatic carbocycles. The van der Waals surface area contributed by atoms with Crippen LogP contribution in [0.5, 0.6) is 0 Å². The lowest BCUT2D eigenvalue weighted by Crippen LogP contribution is -2.31. The summed E-state index contributed by atoms with van der Waals surface area (Å²) >= 11 is 0. The minimum Gasteiger partial charge on any atom is -0.444 e. The van der Waals surface area contributed by atoms with Gasteiger partial charge in [-0.15, -0.1) is 0 Å². The van der Waals surface area contributed by atoms with E-state index in [1.54, 1.807) is 6.33 Å². The number of rotatable bonds is 7. The predicted molar refractivity (Wildman–Crippen MR) is 114 cm³/mol. The van der Waals surface area contributed by atoms with Crippen LogP contribution in [0.3, 0.4) is 0 Å². The second-order valence-electron chi connectivity index (χ2n) is 7.56. The zero-order chi connectivity index (χ0) is 21.1. The van der Waals surface area contributed by atoms with Gasteiger partial charge in [-0.1, -0.05) is 24.3 Å². The van der Waals surface area contributed by atoms with Crippen molar-refractivity contribution in [3.8, 4) is 11.1 Å². The maximum Gasteiger partial charge on any atom is 0.304 e. The summed E-state index contributed by atoms with van der Waals surface area (Å²) in [6.45, 7) is 3.10. The number of anilines is 1. The van der Waals surface area contributed by atoms with Crippen molar-refractivity contribution in [2.45, 2.75) is 39.3 Å². The van der Waals surface area contributed by atoms with Crippen LogP contribution in [0.15, 0.2) is 48.8 Å². The molecule has 1 aromatic heterocycles. The van der Waals surface area contributed by atoms with Crippen LogP contribution in [0.2, 0.25) is 0 Å². The number of nitrogens with one attached hydrogen (secondary N) is 1. The monoisotopic (exact) mass is 404 g/mol. The number of amides is 1. The molecule has 1 fully saturated rings. The molecule has 0 radical (unpaired) electrons. The van der Waals surface area contributed by atoms with Gasteiger partial charge in [0.05, 0.1) is 5.52 Å². The Hall–Kier alpha value is -3.48. The van der Waals surface area contributed by atoms with E-state index in [1.807, 2.05) is 36.4 Å². The van der Waals surface area contributed by atoms with Crippen LogP contribution in [0.1, 0.15) is 32.3 Å². The highest BCUT2D eigenvalue weighted by atomic mass is 16.5. The van der Waals surface area contributed by atoms with Crippen molar-refractivity contribution in [2.24, 2.45) is 0 Å². The normalized spacial score (nSPS) is 13.1. The van der Waals surface area contributed by atoms with Crippen LogP contribution < -0.4 is 5.32 Å². The fourth-order valence-electron chi connectivity index (χ4n) is 3.26. The Morgan fingerprint density at radius 2 is 1.90 bits per heavy atom. The molecule has 154 valence electrons. The lowest BCUT2D eigenvalue weighted by molar-refractivity contribution is -0.150. The van der Waals surface area contributed by atoms with Crippen molar-refractivity contribution < 1.29 is 14.3 Å². The summed E-state index contributed by atoms with van der Waals surface area (Å²) in [5, 5.41) is 4.47. The van der Waals surface area contributed by atoms with E-state index in [-0.39, 0.29) is 12.6 Å². The molecule has 1 aliphatic carbocycles. The van der Waals surface area contributed by atoms with E-state index in [2.05, 4.69) is 21.4 Å². The molecule has 3 aromatic rings. The molecule has 1 amide bonds. The second-order valence-corrected chi connectivity index (χ2v) is 7.56. The fourth-order valence-corrected chi connectivity index (χ4v) is 3.26. The number of benzene rings is 2. The zero-order valence-electron chi connectivity index (χ0n) is 17.1. The number of hydrogen-bond donors (Lipinski definition) is 1. The van der Waals surface area contributed by atoms with E-state index in [0.29, 0.717) is 12.6 Å². The number of carbonyl (C=O) groups excluding carboxylic acids is 2. The van der Waals surface area contributed by atoms with Gasteiger partial charge in [0.1, 0.15) is 12.1 Å². The Morgan fingerprint density at radius 1 is 1.10 bits per heavy atom. The van der Waals surface area contributed by atoms with E-state index in [9.17, 15) is 9.59 Å². The maximum atomic E-state index is 11.9. The van der Waals surface area contributed by atoms with Crippen LogP contribution in [0.25, 0.3) is 22.0 Å². The number of aromatic nitrogens is 2. The molecule has 0 bridgehead atoms. The number of fused-ring (bicyclic) bond motifs is 1. The minimum atomic E-state index is -0.413. The molecule has 0 spiro atoms. The van der Waals surface area contributed by atoms with E-state index < -0.39 is 5.97 Å². The molecule has 7 nitrogen and oxygen atoms in total. The molecule has 0 aliphatic heterocycles. The molecule has 30 heavy (non-hydrogen) atoms. The van der Waals surface area contributed by atoms with Crippen LogP contribution in [0, 0.1) is 0 Å². The Labute approximate surface area is 175 Å². The first-order valence-electron chi connectivity index (χ1n) is 9.99. The average Bonchev–Trinajstić information content (AvgIpc) is 3.55. The van der Waals surface area contributed by atoms with Crippen LogP contribution in [-0.2, 0) is 20.9 Å². The van der Waals surface area contributed by atoms with Gasteiger partial charge in [0.25, 0.3) is 0 Å². The zero-order valence-corrected chi connectivity index (χ0v) is 17.1. The van der Waals surface area contributed by atoms with Gasteiger partial charge in [-0.2, -0.15) is 0 Å². The Bertz CT molecular complexity index is 1090. The standard InChI is InChI=1S/C23H24N4O3/c1-15(28)27(14-30-16(2)29)12-17-4-3-5-18(10-17)19-6-9-22-21(11-19)23(25-13-24-22)26-20-7-8-20/h3-6,9-11,13,20H,7-8,12,14H2,1-2H3,(H,24,25,26). The molecular weight excluding hydrogens is 380 g/mol. The summed E-state index contributed by atoms with van der Waals surface area (Å²) in [6, 6.07) is 14.6. The molecule has 1 saturated carbocycles. The molecule has 0 unspecified atom stereocenters. The average molecular weight is 404 g/mol. The second kappa shape index (κ2) is 8.49. The first-order valence-corrected chi connectivity index (χ1v) is 9.99. The molecule has 0 saturated heterocycles. The lowest BCUT2D eigenvalue weighted by atomic mass is 10.0. The van der Waals surface area contributed by atoms with E-state index in [1.165, 1.54) is 31.6 Å². The fraction of sp³-hybridized carbons (Fsp3) is 0.304. The number of hydrogen-bond acceptors (Lipinski definition) is 6. The highest BCUT2D eigenvalue weighted by Gasteiger charge is 2.22. The van der Waals surface area contributed by atoms with Gasteiger partial charge in [0, 0.05) is 31.8 Å². The quantitative estimate of drug-likeness (QED) is 0.477. The highest BCUT2D eigenvalue weighted by Crippen LogP contribution is 2.30. The minimum absolute atomic E-state index is 0.0571. The number of carbonyl (C=O) groups is 2. The van der Waals surface area contributed by atoms with Gasteiger partial charge >= 0.3 is 5.97 Å². The van der Waals surface area contributed by atoms with E-state index in [0.717, 1.165) is 33.4 Å². The van der Waals surface area contributed by atoms with Gasteiger partial charge in [-0.3, -0.25) is 9.59 Å². The molecule has 1 heterocycles. The lowest BCUT2D eigenvalue weighted by Gasteiger charge is -2.20. The van der Waals surface area contributed by atoms with Crippen molar-refractivity contribution >= 4 is 28.6 Å². The molecule has 0 atom stereocenters. The third-order valence-corrected chi connectivity index (χ3v) is 5.06. The predicted octanol–water partition coefficient (Wildman–Crippen LogP) is 3.74. The van der Waals surface area contributed by atoms with Gasteiger partial charge in [0.15, 0.2) is 6.73 Å². The summed E-state index contributed by atoms with van der Waals surface area (Å²) in [5.41, 5.74) is 3.94. The SMILES string of the molecule is CC(=O)OCN(Cc1cccc(-c2ccc3ncnc(NC4CC4)c3c2)c1)C(C)=O. The Balaban J connectivity index is 1.60. The van der Waals surface area contributed by atoms with Crippen LogP contribution in [0.4, 0.5) is 5.82 Å².